The van der Waals surface area contributed by atoms with Crippen molar-refractivity contribution in [3.63, 3.8) is 0 Å². The minimum absolute atomic E-state index is 0.120. The minimum Gasteiger partial charge on any atom is -0.347 e. The smallest absolute Gasteiger partial charge is 0.313 e. The standard InChI is InChI=1S/C14H12ClFN2O2S/c15-11-7-10(1-2-12(11)16)18-14(20)13(19)17-5-3-9-4-6-21-8-9/h1-2,4,6-8H,3,5H2,(H,17,19)(H,18,20). The maximum absolute atomic E-state index is 13.0. The molecule has 2 N–H and O–H groups in total. The summed E-state index contributed by atoms with van der Waals surface area (Å²) in [6.45, 7) is 0.368. The van der Waals surface area contributed by atoms with Crippen LogP contribution in [0.25, 0.3) is 0 Å². The Morgan fingerprint density at radius 3 is 2.71 bits per heavy atom. The summed E-state index contributed by atoms with van der Waals surface area (Å²) in [5, 5.41) is 8.67. The third-order valence-electron chi connectivity index (χ3n) is 2.66. The summed E-state index contributed by atoms with van der Waals surface area (Å²) in [5.41, 5.74) is 1.37. The van der Waals surface area contributed by atoms with Gasteiger partial charge in [0.25, 0.3) is 0 Å². The van der Waals surface area contributed by atoms with Crippen molar-refractivity contribution < 1.29 is 14.0 Å². The molecule has 0 saturated carbocycles. The summed E-state index contributed by atoms with van der Waals surface area (Å²) in [6, 6.07) is 5.65. The molecule has 21 heavy (non-hydrogen) atoms. The van der Waals surface area contributed by atoms with Crippen molar-refractivity contribution in [3.05, 3.63) is 51.4 Å². The van der Waals surface area contributed by atoms with Gasteiger partial charge < -0.3 is 10.6 Å². The second kappa shape index (κ2) is 7.19. The summed E-state index contributed by atoms with van der Waals surface area (Å²) in [4.78, 5) is 23.2. The van der Waals surface area contributed by atoms with Crippen LogP contribution in [0.1, 0.15) is 5.56 Å². The fourth-order valence-corrected chi connectivity index (χ4v) is 2.48. The predicted octanol–water partition coefficient (Wildman–Crippen LogP) is 2.84. The van der Waals surface area contributed by atoms with Gasteiger partial charge in [0.1, 0.15) is 5.82 Å². The molecule has 0 aliphatic heterocycles. The van der Waals surface area contributed by atoms with Gasteiger partial charge in [-0.25, -0.2) is 4.39 Å². The first-order valence-corrected chi connectivity index (χ1v) is 7.43. The van der Waals surface area contributed by atoms with E-state index in [-0.39, 0.29) is 10.7 Å². The second-order valence-corrected chi connectivity index (χ2v) is 5.41. The Morgan fingerprint density at radius 2 is 2.05 bits per heavy atom. The van der Waals surface area contributed by atoms with E-state index >= 15 is 0 Å². The zero-order chi connectivity index (χ0) is 15.2. The molecule has 2 aromatic rings. The quantitative estimate of drug-likeness (QED) is 0.849. The Balaban J connectivity index is 1.81. The van der Waals surface area contributed by atoms with Crippen molar-refractivity contribution in [2.75, 3.05) is 11.9 Å². The largest absolute Gasteiger partial charge is 0.347 e. The summed E-state index contributed by atoms with van der Waals surface area (Å²) in [5.74, 6) is -2.15. The van der Waals surface area contributed by atoms with Gasteiger partial charge in [0.2, 0.25) is 0 Å². The first-order valence-electron chi connectivity index (χ1n) is 6.11. The summed E-state index contributed by atoms with van der Waals surface area (Å²) >= 11 is 7.17. The normalized spacial score (nSPS) is 10.2. The predicted molar refractivity (Wildman–Crippen MR) is 81.1 cm³/mol. The Labute approximate surface area is 129 Å². The van der Waals surface area contributed by atoms with Crippen LogP contribution >= 0.6 is 22.9 Å². The van der Waals surface area contributed by atoms with E-state index in [4.69, 9.17) is 11.6 Å². The van der Waals surface area contributed by atoms with Gasteiger partial charge in [0, 0.05) is 12.2 Å². The number of rotatable bonds is 4. The molecule has 110 valence electrons. The minimum atomic E-state index is -0.817. The van der Waals surface area contributed by atoms with Crippen LogP contribution in [0.15, 0.2) is 35.0 Å². The number of anilines is 1. The second-order valence-electron chi connectivity index (χ2n) is 4.22. The highest BCUT2D eigenvalue weighted by molar-refractivity contribution is 7.07. The van der Waals surface area contributed by atoms with E-state index < -0.39 is 17.6 Å². The number of carbonyl (C=O) groups is 2. The van der Waals surface area contributed by atoms with E-state index in [9.17, 15) is 14.0 Å². The average molecular weight is 327 g/mol. The zero-order valence-electron chi connectivity index (χ0n) is 10.9. The third-order valence-corrected chi connectivity index (χ3v) is 3.68. The van der Waals surface area contributed by atoms with Crippen molar-refractivity contribution in [2.45, 2.75) is 6.42 Å². The molecule has 0 radical (unpaired) electrons. The van der Waals surface area contributed by atoms with Crippen LogP contribution in [0.5, 0.6) is 0 Å². The molecule has 0 aliphatic carbocycles. The number of carbonyl (C=O) groups excluding carboxylic acids is 2. The molecule has 0 bridgehead atoms. The number of hydrogen-bond donors (Lipinski definition) is 2. The lowest BCUT2D eigenvalue weighted by molar-refractivity contribution is -0.136. The van der Waals surface area contributed by atoms with Crippen molar-refractivity contribution in [3.8, 4) is 0 Å². The molecule has 0 unspecified atom stereocenters. The number of benzene rings is 1. The first kappa shape index (κ1) is 15.5. The van der Waals surface area contributed by atoms with E-state index in [1.54, 1.807) is 11.3 Å². The topological polar surface area (TPSA) is 58.2 Å². The summed E-state index contributed by atoms with van der Waals surface area (Å²) in [6.07, 6.45) is 0.658. The lowest BCUT2D eigenvalue weighted by atomic mass is 10.2. The number of halogens is 2. The molecule has 1 aromatic carbocycles. The maximum atomic E-state index is 13.0. The fraction of sp³-hybridized carbons (Fsp3) is 0.143. The molecule has 0 aliphatic rings. The lowest BCUT2D eigenvalue weighted by Crippen LogP contribution is -2.36. The SMILES string of the molecule is O=C(NCCc1ccsc1)C(=O)Nc1ccc(F)c(Cl)c1. The van der Waals surface area contributed by atoms with Crippen molar-refractivity contribution in [2.24, 2.45) is 0 Å². The molecule has 4 nitrogen and oxygen atoms in total. The molecule has 1 heterocycles. The van der Waals surface area contributed by atoms with Crippen LogP contribution in [-0.2, 0) is 16.0 Å². The highest BCUT2D eigenvalue weighted by Gasteiger charge is 2.13. The average Bonchev–Trinajstić information content (AvgIpc) is 2.96. The van der Waals surface area contributed by atoms with Crippen molar-refractivity contribution in [1.29, 1.82) is 0 Å². The highest BCUT2D eigenvalue weighted by Crippen LogP contribution is 2.19. The van der Waals surface area contributed by atoms with Crippen LogP contribution in [0.3, 0.4) is 0 Å². The molecule has 0 fully saturated rings. The monoisotopic (exact) mass is 326 g/mol. The van der Waals surface area contributed by atoms with Crippen LogP contribution in [0.4, 0.5) is 10.1 Å². The molecule has 0 spiro atoms. The Morgan fingerprint density at radius 1 is 1.24 bits per heavy atom. The molecule has 2 rings (SSSR count). The van der Waals surface area contributed by atoms with Gasteiger partial charge in [0.15, 0.2) is 0 Å². The molecule has 0 saturated heterocycles. The maximum Gasteiger partial charge on any atom is 0.313 e. The molecule has 7 heteroatoms. The van der Waals surface area contributed by atoms with Gasteiger partial charge in [0.05, 0.1) is 5.02 Å². The van der Waals surface area contributed by atoms with E-state index in [0.717, 1.165) is 11.6 Å². The third kappa shape index (κ3) is 4.54. The van der Waals surface area contributed by atoms with Crippen LogP contribution in [0, 0.1) is 5.82 Å². The molecule has 1 aromatic heterocycles. The number of nitrogens with one attached hydrogen (secondary N) is 2. The lowest BCUT2D eigenvalue weighted by Gasteiger charge is -2.06. The van der Waals surface area contributed by atoms with E-state index in [0.29, 0.717) is 13.0 Å². The highest BCUT2D eigenvalue weighted by atomic mass is 35.5. The van der Waals surface area contributed by atoms with Crippen LogP contribution < -0.4 is 10.6 Å². The molecule has 0 atom stereocenters. The van der Waals surface area contributed by atoms with Gasteiger partial charge in [-0.15, -0.1) is 0 Å². The fourth-order valence-electron chi connectivity index (χ4n) is 1.60. The van der Waals surface area contributed by atoms with E-state index in [1.807, 2.05) is 16.8 Å². The molecular weight excluding hydrogens is 315 g/mol. The molecule has 2 amide bonds. The van der Waals surface area contributed by atoms with Gasteiger partial charge in [-0.1, -0.05) is 11.6 Å². The van der Waals surface area contributed by atoms with Crippen molar-refractivity contribution in [1.82, 2.24) is 5.32 Å². The number of hydrogen-bond acceptors (Lipinski definition) is 3. The Hall–Kier alpha value is -1.92. The van der Waals surface area contributed by atoms with Gasteiger partial charge in [-0.2, -0.15) is 11.3 Å². The number of thiophene rings is 1. The number of amides is 2. The zero-order valence-corrected chi connectivity index (χ0v) is 12.4. The van der Waals surface area contributed by atoms with Crippen LogP contribution in [-0.4, -0.2) is 18.4 Å². The van der Waals surface area contributed by atoms with Crippen LogP contribution in [0.2, 0.25) is 5.02 Å². The summed E-state index contributed by atoms with van der Waals surface area (Å²) in [7, 11) is 0. The summed E-state index contributed by atoms with van der Waals surface area (Å²) < 4.78 is 13.0. The Kier molecular flexibility index (Phi) is 5.30. The first-order chi connectivity index (χ1) is 10.1. The molecular formula is C14H12ClFN2O2S. The van der Waals surface area contributed by atoms with Crippen molar-refractivity contribution >= 4 is 40.4 Å². The van der Waals surface area contributed by atoms with Gasteiger partial charge in [-0.05, 0) is 47.0 Å². The van der Waals surface area contributed by atoms with Gasteiger partial charge >= 0.3 is 11.8 Å². The van der Waals surface area contributed by atoms with E-state index in [1.165, 1.54) is 12.1 Å². The van der Waals surface area contributed by atoms with Gasteiger partial charge in [-0.3, -0.25) is 9.59 Å². The Bertz CT molecular complexity index is 646. The van der Waals surface area contributed by atoms with E-state index in [2.05, 4.69) is 10.6 Å².